The molecule has 1 N–H and O–H groups in total. The van der Waals surface area contributed by atoms with Crippen molar-refractivity contribution in [3.8, 4) is 0 Å². The van der Waals surface area contributed by atoms with Crippen LogP contribution in [0.4, 0.5) is 0 Å². The minimum absolute atomic E-state index is 0.0446. The van der Waals surface area contributed by atoms with Crippen molar-refractivity contribution >= 4 is 11.8 Å². The highest BCUT2D eigenvalue weighted by Crippen LogP contribution is 2.27. The topological polar surface area (TPSA) is 20.2 Å². The molecule has 0 saturated carbocycles. The molecule has 1 atom stereocenters. The molecule has 0 aromatic heterocycles. The molecule has 94 valence electrons. The lowest BCUT2D eigenvalue weighted by atomic mass is 9.93. The van der Waals surface area contributed by atoms with Crippen molar-refractivity contribution in [1.82, 2.24) is 0 Å². The van der Waals surface area contributed by atoms with E-state index in [9.17, 15) is 5.11 Å². The van der Waals surface area contributed by atoms with Crippen LogP contribution in [-0.4, -0.2) is 22.7 Å². The molecule has 0 aromatic carbocycles. The maximum Gasteiger partial charge on any atom is 0.0542 e. The van der Waals surface area contributed by atoms with Gasteiger partial charge in [-0.3, -0.25) is 0 Å². The Hall–Kier alpha value is 0.0500. The highest BCUT2D eigenvalue weighted by molar-refractivity contribution is 7.99. The smallest absolute Gasteiger partial charge is 0.0542 e. The Morgan fingerprint density at radius 1 is 1.25 bits per heavy atom. The van der Waals surface area contributed by atoms with Gasteiger partial charge in [-0.15, -0.1) is 6.58 Å². The standard InChI is InChI=1S/C14H26OS/c1-2-3-4-5-6-7-14(15)12-13-8-10-16-11-9-13/h2,13-15H,1,3-12H2. The Morgan fingerprint density at radius 3 is 2.69 bits per heavy atom. The molecule has 0 aromatic rings. The molecule has 0 amide bonds. The fourth-order valence-corrected chi connectivity index (χ4v) is 3.53. The molecular weight excluding hydrogens is 216 g/mol. The van der Waals surface area contributed by atoms with Crippen molar-refractivity contribution in [2.24, 2.45) is 5.92 Å². The summed E-state index contributed by atoms with van der Waals surface area (Å²) >= 11 is 2.06. The number of allylic oxidation sites excluding steroid dienone is 1. The van der Waals surface area contributed by atoms with Crippen LogP contribution in [0, 0.1) is 5.92 Å². The van der Waals surface area contributed by atoms with Crippen LogP contribution in [0.5, 0.6) is 0 Å². The first-order valence-electron chi connectivity index (χ1n) is 6.69. The van der Waals surface area contributed by atoms with Gasteiger partial charge in [0.25, 0.3) is 0 Å². The van der Waals surface area contributed by atoms with Gasteiger partial charge in [0.05, 0.1) is 6.10 Å². The molecule has 16 heavy (non-hydrogen) atoms. The van der Waals surface area contributed by atoms with E-state index in [-0.39, 0.29) is 6.10 Å². The summed E-state index contributed by atoms with van der Waals surface area (Å²) in [5.41, 5.74) is 0. The van der Waals surface area contributed by atoms with Crippen molar-refractivity contribution in [2.75, 3.05) is 11.5 Å². The van der Waals surface area contributed by atoms with E-state index in [1.165, 1.54) is 43.6 Å². The number of hydrogen-bond donors (Lipinski definition) is 1. The van der Waals surface area contributed by atoms with E-state index >= 15 is 0 Å². The molecule has 1 fully saturated rings. The molecule has 1 heterocycles. The third-order valence-corrected chi connectivity index (χ3v) is 4.44. The average Bonchev–Trinajstić information content (AvgIpc) is 2.30. The van der Waals surface area contributed by atoms with E-state index in [0.29, 0.717) is 0 Å². The summed E-state index contributed by atoms with van der Waals surface area (Å²) in [6, 6.07) is 0. The van der Waals surface area contributed by atoms with Crippen molar-refractivity contribution in [3.63, 3.8) is 0 Å². The Kier molecular flexibility index (Phi) is 8.04. The van der Waals surface area contributed by atoms with E-state index in [2.05, 4.69) is 18.3 Å². The second kappa shape index (κ2) is 9.12. The van der Waals surface area contributed by atoms with Gasteiger partial charge in [-0.1, -0.05) is 18.9 Å². The fourth-order valence-electron chi connectivity index (χ4n) is 2.33. The molecule has 0 radical (unpaired) electrons. The van der Waals surface area contributed by atoms with Crippen molar-refractivity contribution in [1.29, 1.82) is 0 Å². The van der Waals surface area contributed by atoms with E-state index in [0.717, 1.165) is 25.2 Å². The first kappa shape index (κ1) is 14.1. The summed E-state index contributed by atoms with van der Waals surface area (Å²) in [5, 5.41) is 9.93. The lowest BCUT2D eigenvalue weighted by Crippen LogP contribution is -2.17. The van der Waals surface area contributed by atoms with Crippen LogP contribution in [0.2, 0.25) is 0 Å². The van der Waals surface area contributed by atoms with Crippen molar-refractivity contribution < 1.29 is 5.11 Å². The monoisotopic (exact) mass is 242 g/mol. The highest BCUT2D eigenvalue weighted by Gasteiger charge is 2.17. The summed E-state index contributed by atoms with van der Waals surface area (Å²) in [5.74, 6) is 3.40. The van der Waals surface area contributed by atoms with Gasteiger partial charge < -0.3 is 5.11 Å². The molecule has 0 spiro atoms. The van der Waals surface area contributed by atoms with Crippen LogP contribution in [-0.2, 0) is 0 Å². The molecule has 1 unspecified atom stereocenters. The minimum atomic E-state index is -0.0446. The summed E-state index contributed by atoms with van der Waals surface area (Å²) in [4.78, 5) is 0. The number of rotatable bonds is 8. The molecule has 1 aliphatic heterocycles. The van der Waals surface area contributed by atoms with Gasteiger partial charge in [-0.05, 0) is 55.9 Å². The van der Waals surface area contributed by atoms with Gasteiger partial charge >= 0.3 is 0 Å². The second-order valence-electron chi connectivity index (χ2n) is 4.87. The maximum absolute atomic E-state index is 9.93. The van der Waals surface area contributed by atoms with Crippen LogP contribution in [0.1, 0.15) is 51.4 Å². The van der Waals surface area contributed by atoms with Crippen molar-refractivity contribution in [2.45, 2.75) is 57.5 Å². The number of thioether (sulfide) groups is 1. The SMILES string of the molecule is C=CCCCCCC(O)CC1CCSCC1. The fraction of sp³-hybridized carbons (Fsp3) is 0.857. The van der Waals surface area contributed by atoms with Gasteiger partial charge in [-0.25, -0.2) is 0 Å². The highest BCUT2D eigenvalue weighted by atomic mass is 32.2. The maximum atomic E-state index is 9.93. The summed E-state index contributed by atoms with van der Waals surface area (Å²) in [7, 11) is 0. The molecule has 1 saturated heterocycles. The lowest BCUT2D eigenvalue weighted by Gasteiger charge is -2.23. The van der Waals surface area contributed by atoms with Gasteiger partial charge in [0, 0.05) is 0 Å². The molecule has 1 nitrogen and oxygen atoms in total. The van der Waals surface area contributed by atoms with Crippen LogP contribution in [0.25, 0.3) is 0 Å². The Bertz CT molecular complexity index is 176. The zero-order chi connectivity index (χ0) is 11.6. The molecule has 1 rings (SSSR count). The third kappa shape index (κ3) is 6.59. The molecular formula is C14H26OS. The van der Waals surface area contributed by atoms with Gasteiger partial charge in [0.15, 0.2) is 0 Å². The quantitative estimate of drug-likeness (QED) is 0.512. The van der Waals surface area contributed by atoms with Crippen molar-refractivity contribution in [3.05, 3.63) is 12.7 Å². The lowest BCUT2D eigenvalue weighted by molar-refractivity contribution is 0.127. The average molecular weight is 242 g/mol. The molecule has 0 aliphatic carbocycles. The van der Waals surface area contributed by atoms with Gasteiger partial charge in [0.1, 0.15) is 0 Å². The predicted octanol–water partition coefficient (Wildman–Crippen LogP) is 4.02. The normalized spacial score (nSPS) is 19.6. The second-order valence-corrected chi connectivity index (χ2v) is 6.10. The van der Waals surface area contributed by atoms with E-state index in [1.807, 2.05) is 6.08 Å². The summed E-state index contributed by atoms with van der Waals surface area (Å²) in [6.45, 7) is 3.72. The first-order chi connectivity index (χ1) is 7.83. The van der Waals surface area contributed by atoms with Crippen LogP contribution in [0.15, 0.2) is 12.7 Å². The first-order valence-corrected chi connectivity index (χ1v) is 7.85. The number of aliphatic hydroxyl groups is 1. The zero-order valence-corrected chi connectivity index (χ0v) is 11.2. The predicted molar refractivity (Wildman–Crippen MR) is 74.0 cm³/mol. The number of hydrogen-bond acceptors (Lipinski definition) is 2. The third-order valence-electron chi connectivity index (χ3n) is 3.39. The Labute approximate surface area is 105 Å². The van der Waals surface area contributed by atoms with E-state index in [4.69, 9.17) is 0 Å². The Morgan fingerprint density at radius 2 is 2.00 bits per heavy atom. The van der Waals surface area contributed by atoms with E-state index in [1.54, 1.807) is 0 Å². The van der Waals surface area contributed by atoms with Crippen LogP contribution in [0.3, 0.4) is 0 Å². The van der Waals surface area contributed by atoms with Gasteiger partial charge in [0.2, 0.25) is 0 Å². The molecule has 1 aliphatic rings. The van der Waals surface area contributed by atoms with Gasteiger partial charge in [-0.2, -0.15) is 11.8 Å². The molecule has 0 bridgehead atoms. The number of unbranched alkanes of at least 4 members (excludes halogenated alkanes) is 3. The summed E-state index contributed by atoms with van der Waals surface area (Å²) in [6.07, 6.45) is 11.4. The Balaban J connectivity index is 1.96. The van der Waals surface area contributed by atoms with Crippen LogP contribution >= 0.6 is 11.8 Å². The molecule has 2 heteroatoms. The summed E-state index contributed by atoms with van der Waals surface area (Å²) < 4.78 is 0. The van der Waals surface area contributed by atoms with Crippen LogP contribution < -0.4 is 0 Å². The largest absolute Gasteiger partial charge is 0.393 e. The zero-order valence-electron chi connectivity index (χ0n) is 10.4. The minimum Gasteiger partial charge on any atom is -0.393 e. The van der Waals surface area contributed by atoms with E-state index < -0.39 is 0 Å². The number of aliphatic hydroxyl groups excluding tert-OH is 1.